The molecule has 0 radical (unpaired) electrons. The minimum atomic E-state index is -0.593. The molecule has 1 N–H and O–H groups in total. The first-order valence-electron chi connectivity index (χ1n) is 11.6. The van der Waals surface area contributed by atoms with E-state index in [0.717, 1.165) is 67.5 Å². The summed E-state index contributed by atoms with van der Waals surface area (Å²) in [7, 11) is 0. The number of furan rings is 1. The Kier molecular flexibility index (Phi) is 4.85. The van der Waals surface area contributed by atoms with Gasteiger partial charge in [0.05, 0.1) is 6.10 Å². The largest absolute Gasteiger partial charge is 0.487 e. The van der Waals surface area contributed by atoms with Gasteiger partial charge in [0.1, 0.15) is 16.9 Å². The number of amides is 1. The lowest BCUT2D eigenvalue weighted by molar-refractivity contribution is -0.0373. The maximum absolute atomic E-state index is 13.3. The van der Waals surface area contributed by atoms with Gasteiger partial charge in [0.25, 0.3) is 5.91 Å². The van der Waals surface area contributed by atoms with Gasteiger partial charge in [-0.05, 0) is 63.0 Å². The SMILES string of the molecule is Cc1c(C(=O)N2C[C@H](C)C[C@@H](C)C2)oc2ccc3c(c12)[C@@H](O)CC1(CCCCC1)O3. The van der Waals surface area contributed by atoms with Crippen molar-refractivity contribution in [1.82, 2.24) is 4.90 Å². The topological polar surface area (TPSA) is 62.9 Å². The highest BCUT2D eigenvalue weighted by Crippen LogP contribution is 2.49. The van der Waals surface area contributed by atoms with Crippen LogP contribution in [0.1, 0.15) is 86.6 Å². The van der Waals surface area contributed by atoms with Crippen LogP contribution >= 0.6 is 0 Å². The molecule has 1 amide bonds. The monoisotopic (exact) mass is 411 g/mol. The molecule has 1 saturated heterocycles. The summed E-state index contributed by atoms with van der Waals surface area (Å²) in [6, 6.07) is 3.81. The fourth-order valence-electron chi connectivity index (χ4n) is 6.18. The zero-order chi connectivity index (χ0) is 21.0. The van der Waals surface area contributed by atoms with E-state index in [-0.39, 0.29) is 11.5 Å². The zero-order valence-electron chi connectivity index (χ0n) is 18.4. The number of hydrogen-bond donors (Lipinski definition) is 1. The van der Waals surface area contributed by atoms with Gasteiger partial charge in [-0.15, -0.1) is 0 Å². The predicted molar refractivity (Wildman–Crippen MR) is 116 cm³/mol. The van der Waals surface area contributed by atoms with Crippen LogP contribution in [0, 0.1) is 18.8 Å². The Morgan fingerprint density at radius 1 is 1.13 bits per heavy atom. The third-order valence-electron chi connectivity index (χ3n) is 7.44. The van der Waals surface area contributed by atoms with Crippen molar-refractivity contribution in [3.63, 3.8) is 0 Å². The summed E-state index contributed by atoms with van der Waals surface area (Å²) in [5, 5.41) is 12.0. The molecule has 0 bridgehead atoms. The standard InChI is InChI=1S/C25H33NO4/c1-15-11-16(2)14-26(13-15)24(28)23-17(3)21-19(29-23)7-8-20-22(21)18(27)12-25(30-20)9-5-4-6-10-25/h7-8,15-16,18,27H,4-6,9-14H2,1-3H3/t15-,16-,18+/m1/s1. The van der Waals surface area contributed by atoms with E-state index in [4.69, 9.17) is 9.15 Å². The smallest absolute Gasteiger partial charge is 0.289 e. The van der Waals surface area contributed by atoms with E-state index in [1.807, 2.05) is 24.0 Å². The van der Waals surface area contributed by atoms with Gasteiger partial charge in [0.15, 0.2) is 5.76 Å². The van der Waals surface area contributed by atoms with Gasteiger partial charge >= 0.3 is 0 Å². The van der Waals surface area contributed by atoms with Crippen molar-refractivity contribution in [2.24, 2.45) is 11.8 Å². The van der Waals surface area contributed by atoms with E-state index in [1.54, 1.807) is 0 Å². The molecule has 162 valence electrons. The summed E-state index contributed by atoms with van der Waals surface area (Å²) >= 11 is 0. The van der Waals surface area contributed by atoms with Crippen molar-refractivity contribution in [1.29, 1.82) is 0 Å². The maximum atomic E-state index is 13.3. The molecule has 0 unspecified atom stereocenters. The Balaban J connectivity index is 1.53. The van der Waals surface area contributed by atoms with Crippen LogP contribution in [0.25, 0.3) is 11.0 Å². The van der Waals surface area contributed by atoms with Gasteiger partial charge in [-0.3, -0.25) is 4.79 Å². The first-order chi connectivity index (χ1) is 14.4. The first-order valence-corrected chi connectivity index (χ1v) is 11.6. The number of aryl methyl sites for hydroxylation is 1. The second kappa shape index (κ2) is 7.30. The van der Waals surface area contributed by atoms with E-state index in [2.05, 4.69) is 13.8 Å². The molecule has 1 aromatic heterocycles. The zero-order valence-corrected chi connectivity index (χ0v) is 18.4. The lowest BCUT2D eigenvalue weighted by Gasteiger charge is -2.43. The molecule has 2 aliphatic heterocycles. The molecule has 30 heavy (non-hydrogen) atoms. The number of benzene rings is 1. The van der Waals surface area contributed by atoms with Crippen LogP contribution in [0.4, 0.5) is 0 Å². The van der Waals surface area contributed by atoms with E-state index < -0.39 is 6.10 Å². The Morgan fingerprint density at radius 3 is 2.53 bits per heavy atom. The predicted octanol–water partition coefficient (Wildman–Crippen LogP) is 5.38. The Hall–Kier alpha value is -2.01. The summed E-state index contributed by atoms with van der Waals surface area (Å²) in [5.74, 6) is 2.12. The van der Waals surface area contributed by atoms with Crippen molar-refractivity contribution in [2.45, 2.75) is 77.4 Å². The lowest BCUT2D eigenvalue weighted by Crippen LogP contribution is -2.43. The van der Waals surface area contributed by atoms with E-state index in [0.29, 0.717) is 29.6 Å². The molecule has 5 rings (SSSR count). The molecule has 1 aromatic carbocycles. The highest BCUT2D eigenvalue weighted by atomic mass is 16.5. The second-order valence-corrected chi connectivity index (χ2v) is 10.1. The second-order valence-electron chi connectivity index (χ2n) is 10.1. The van der Waals surface area contributed by atoms with Crippen molar-refractivity contribution >= 4 is 16.9 Å². The third kappa shape index (κ3) is 3.22. The van der Waals surface area contributed by atoms with E-state index in [1.165, 1.54) is 6.42 Å². The number of fused-ring (bicyclic) bond motifs is 3. The number of piperidine rings is 1. The summed E-state index contributed by atoms with van der Waals surface area (Å²) < 4.78 is 12.6. The highest BCUT2D eigenvalue weighted by Gasteiger charge is 2.43. The normalized spacial score (nSPS) is 28.4. The van der Waals surface area contributed by atoms with Crippen LogP contribution in [0.3, 0.4) is 0 Å². The van der Waals surface area contributed by atoms with Gasteiger partial charge in [0.2, 0.25) is 0 Å². The van der Waals surface area contributed by atoms with E-state index >= 15 is 0 Å². The summed E-state index contributed by atoms with van der Waals surface area (Å²) in [4.78, 5) is 15.2. The summed E-state index contributed by atoms with van der Waals surface area (Å²) in [6.45, 7) is 7.88. The van der Waals surface area contributed by atoms with Crippen LogP contribution in [0.15, 0.2) is 16.5 Å². The fourth-order valence-corrected chi connectivity index (χ4v) is 6.18. The average Bonchev–Trinajstić information content (AvgIpc) is 3.03. The molecular formula is C25H33NO4. The number of aliphatic hydroxyl groups is 1. The number of aliphatic hydroxyl groups excluding tert-OH is 1. The van der Waals surface area contributed by atoms with Crippen molar-refractivity contribution in [3.05, 3.63) is 29.0 Å². The minimum absolute atomic E-state index is 0.0363. The molecule has 3 atom stereocenters. The van der Waals surface area contributed by atoms with Crippen LogP contribution in [-0.2, 0) is 0 Å². The molecule has 1 spiro atoms. The van der Waals surface area contributed by atoms with Gasteiger partial charge < -0.3 is 19.2 Å². The molecule has 1 aliphatic carbocycles. The summed E-state index contributed by atoms with van der Waals surface area (Å²) in [6.07, 6.45) is 6.73. The number of hydrogen-bond acceptors (Lipinski definition) is 4. The van der Waals surface area contributed by atoms with Gasteiger partial charge in [-0.2, -0.15) is 0 Å². The van der Waals surface area contributed by atoms with E-state index in [9.17, 15) is 9.90 Å². The number of rotatable bonds is 1. The molecular weight excluding hydrogens is 378 g/mol. The van der Waals surface area contributed by atoms with Crippen molar-refractivity contribution < 1.29 is 19.1 Å². The number of carbonyl (C=O) groups excluding carboxylic acids is 1. The molecule has 5 nitrogen and oxygen atoms in total. The molecule has 5 heteroatoms. The molecule has 2 fully saturated rings. The Morgan fingerprint density at radius 2 is 1.83 bits per heavy atom. The molecule has 2 aromatic rings. The number of carbonyl (C=O) groups is 1. The van der Waals surface area contributed by atoms with Gasteiger partial charge in [-0.25, -0.2) is 0 Å². The maximum Gasteiger partial charge on any atom is 0.289 e. The summed E-state index contributed by atoms with van der Waals surface area (Å²) in [5.41, 5.74) is 2.04. The minimum Gasteiger partial charge on any atom is -0.487 e. The Labute approximate surface area is 178 Å². The first kappa shape index (κ1) is 19.9. The van der Waals surface area contributed by atoms with Crippen molar-refractivity contribution in [3.8, 4) is 5.75 Å². The number of likely N-dealkylation sites (tertiary alicyclic amines) is 1. The highest BCUT2D eigenvalue weighted by molar-refractivity contribution is 6.00. The molecule has 1 saturated carbocycles. The third-order valence-corrected chi connectivity index (χ3v) is 7.44. The van der Waals surface area contributed by atoms with Gasteiger partial charge in [0, 0.05) is 36.0 Å². The lowest BCUT2D eigenvalue weighted by atomic mass is 9.77. The number of nitrogens with zero attached hydrogens (tertiary/aromatic N) is 1. The molecule has 3 heterocycles. The molecule has 3 aliphatic rings. The fraction of sp³-hybridized carbons (Fsp3) is 0.640. The van der Waals surface area contributed by atoms with Crippen LogP contribution in [-0.4, -0.2) is 34.6 Å². The van der Waals surface area contributed by atoms with Crippen LogP contribution in [0.5, 0.6) is 5.75 Å². The number of ether oxygens (including phenoxy) is 1. The van der Waals surface area contributed by atoms with Crippen LogP contribution in [0.2, 0.25) is 0 Å². The van der Waals surface area contributed by atoms with Gasteiger partial charge in [-0.1, -0.05) is 20.3 Å². The van der Waals surface area contributed by atoms with Crippen molar-refractivity contribution in [2.75, 3.05) is 13.1 Å². The van der Waals surface area contributed by atoms with Crippen LogP contribution < -0.4 is 4.74 Å². The quantitative estimate of drug-likeness (QED) is 0.684. The average molecular weight is 412 g/mol. The Bertz CT molecular complexity index is 961.